The average Bonchev–Trinajstić information content (AvgIpc) is 3.71. The Kier molecular flexibility index (Phi) is 6.09. The monoisotopic (exact) mass is 506 g/mol. The third-order valence-electron chi connectivity index (χ3n) is 6.02. The number of hydrogen-bond donors (Lipinski definition) is 0. The van der Waals surface area contributed by atoms with Crippen LogP contribution in [0, 0.1) is 0 Å². The second kappa shape index (κ2) is 9.67. The van der Waals surface area contributed by atoms with Gasteiger partial charge in [-0.25, -0.2) is 0 Å². The van der Waals surface area contributed by atoms with E-state index in [1.54, 1.807) is 18.4 Å². The summed E-state index contributed by atoms with van der Waals surface area (Å²) in [5.74, 6) is 0.883. The fraction of sp³-hybridized carbons (Fsp3) is 0.0323. The van der Waals surface area contributed by atoms with Crippen LogP contribution in [-0.4, -0.2) is 7.11 Å². The van der Waals surface area contributed by atoms with Crippen molar-refractivity contribution < 1.29 is 4.74 Å². The zero-order valence-corrected chi connectivity index (χ0v) is 21.6. The molecule has 170 valence electrons. The summed E-state index contributed by atoms with van der Waals surface area (Å²) in [7, 11) is 1.70. The lowest BCUT2D eigenvalue weighted by Gasteiger charge is -2.03. The lowest BCUT2D eigenvalue weighted by Crippen LogP contribution is -1.81. The smallest absolute Gasteiger partial charge is 0.118 e. The molecule has 6 rings (SSSR count). The molecule has 0 saturated carbocycles. The van der Waals surface area contributed by atoms with Gasteiger partial charge >= 0.3 is 0 Å². The molecule has 0 bridgehead atoms. The van der Waals surface area contributed by atoms with Crippen LogP contribution in [0.1, 0.15) is 0 Å². The van der Waals surface area contributed by atoms with Crippen molar-refractivity contribution in [3.05, 3.63) is 115 Å². The quantitative estimate of drug-likeness (QED) is 0.218. The Morgan fingerprint density at radius 3 is 1.14 bits per heavy atom. The number of rotatable bonds is 6. The first kappa shape index (κ1) is 22.1. The fourth-order valence-electron chi connectivity index (χ4n) is 4.09. The molecule has 0 aliphatic heterocycles. The first-order valence-corrected chi connectivity index (χ1v) is 13.9. The van der Waals surface area contributed by atoms with Crippen molar-refractivity contribution in [2.45, 2.75) is 0 Å². The van der Waals surface area contributed by atoms with Gasteiger partial charge in [0.05, 0.1) is 7.11 Å². The Hall–Kier alpha value is -3.44. The van der Waals surface area contributed by atoms with Crippen LogP contribution < -0.4 is 4.74 Å². The number of benzene rings is 3. The van der Waals surface area contributed by atoms with E-state index in [1.807, 2.05) is 34.8 Å². The average molecular weight is 507 g/mol. The minimum absolute atomic E-state index is 0.883. The summed E-state index contributed by atoms with van der Waals surface area (Å²) in [6.45, 7) is 0. The van der Waals surface area contributed by atoms with Gasteiger partial charge in [-0.2, -0.15) is 0 Å². The molecule has 6 aromatic rings. The third-order valence-corrected chi connectivity index (χ3v) is 9.30. The standard InChI is InChI=1S/C31H22OS3/c1-32-26-14-12-25(13-15-26)31-19-18-30(35-31)24-10-8-23(9-11-24)29-17-16-28(34-29)22-6-4-21(5-7-22)27-3-2-20-33-27/h2-20H,1H3. The van der Waals surface area contributed by atoms with Crippen LogP contribution in [-0.2, 0) is 0 Å². The molecular formula is C31H22OS3. The van der Waals surface area contributed by atoms with Crippen LogP contribution in [0.25, 0.3) is 52.2 Å². The van der Waals surface area contributed by atoms with Gasteiger partial charge < -0.3 is 4.74 Å². The summed E-state index contributed by atoms with van der Waals surface area (Å²) in [4.78, 5) is 6.44. The normalized spacial score (nSPS) is 11.0. The molecule has 0 amide bonds. The highest BCUT2D eigenvalue weighted by Gasteiger charge is 2.09. The molecule has 0 aliphatic carbocycles. The summed E-state index contributed by atoms with van der Waals surface area (Å²) in [5, 5.41) is 2.12. The molecule has 0 fully saturated rings. The van der Waals surface area contributed by atoms with Crippen LogP contribution in [0.3, 0.4) is 0 Å². The number of thiophene rings is 3. The SMILES string of the molecule is COc1ccc(-c2ccc(-c3ccc(-c4ccc(-c5ccc(-c6cccs6)cc5)s4)cc3)s2)cc1. The van der Waals surface area contributed by atoms with Gasteiger partial charge in [0.25, 0.3) is 0 Å². The third kappa shape index (κ3) is 4.61. The van der Waals surface area contributed by atoms with Crippen molar-refractivity contribution in [1.29, 1.82) is 0 Å². The first-order valence-electron chi connectivity index (χ1n) is 11.4. The molecule has 3 aromatic carbocycles. The molecule has 3 heterocycles. The zero-order chi connectivity index (χ0) is 23.6. The van der Waals surface area contributed by atoms with Gasteiger partial charge in [-0.3, -0.25) is 0 Å². The molecule has 0 spiro atoms. The van der Waals surface area contributed by atoms with Crippen molar-refractivity contribution in [3.8, 4) is 58.0 Å². The topological polar surface area (TPSA) is 9.23 Å². The molecular weight excluding hydrogens is 485 g/mol. The predicted octanol–water partition coefficient (Wildman–Crippen LogP) is 10.2. The highest BCUT2D eigenvalue weighted by Crippen LogP contribution is 2.38. The second-order valence-corrected chi connectivity index (χ2v) is 11.3. The molecule has 0 radical (unpaired) electrons. The van der Waals surface area contributed by atoms with Crippen LogP contribution in [0.4, 0.5) is 0 Å². The number of hydrogen-bond acceptors (Lipinski definition) is 4. The largest absolute Gasteiger partial charge is 0.497 e. The van der Waals surface area contributed by atoms with E-state index in [9.17, 15) is 0 Å². The van der Waals surface area contributed by atoms with E-state index in [0.717, 1.165) is 5.75 Å². The van der Waals surface area contributed by atoms with Gasteiger partial charge in [-0.1, -0.05) is 54.6 Å². The van der Waals surface area contributed by atoms with E-state index in [0.29, 0.717) is 0 Å². The molecule has 0 N–H and O–H groups in total. The van der Waals surface area contributed by atoms with Crippen molar-refractivity contribution in [3.63, 3.8) is 0 Å². The lowest BCUT2D eigenvalue weighted by molar-refractivity contribution is 0.415. The van der Waals surface area contributed by atoms with Crippen LogP contribution >= 0.6 is 34.0 Å². The summed E-state index contributed by atoms with van der Waals surface area (Å²) in [6, 6.07) is 39.2. The van der Waals surface area contributed by atoms with Crippen molar-refractivity contribution in [2.75, 3.05) is 7.11 Å². The maximum Gasteiger partial charge on any atom is 0.118 e. The molecule has 0 aliphatic rings. The Morgan fingerprint density at radius 2 is 0.800 bits per heavy atom. The first-order chi connectivity index (χ1) is 17.3. The summed E-state index contributed by atoms with van der Waals surface area (Å²) in [6.07, 6.45) is 0. The van der Waals surface area contributed by atoms with E-state index >= 15 is 0 Å². The van der Waals surface area contributed by atoms with Gasteiger partial charge in [0, 0.05) is 24.4 Å². The molecule has 1 nitrogen and oxygen atoms in total. The van der Waals surface area contributed by atoms with Crippen molar-refractivity contribution >= 4 is 34.0 Å². The fourth-order valence-corrected chi connectivity index (χ4v) is 6.86. The van der Waals surface area contributed by atoms with E-state index < -0.39 is 0 Å². The molecule has 3 aromatic heterocycles. The minimum Gasteiger partial charge on any atom is -0.497 e. The highest BCUT2D eigenvalue weighted by atomic mass is 32.1. The van der Waals surface area contributed by atoms with E-state index in [2.05, 4.69) is 102 Å². The Balaban J connectivity index is 1.19. The van der Waals surface area contributed by atoms with E-state index in [4.69, 9.17) is 4.74 Å². The van der Waals surface area contributed by atoms with Gasteiger partial charge in [0.15, 0.2) is 0 Å². The van der Waals surface area contributed by atoms with Crippen molar-refractivity contribution in [2.24, 2.45) is 0 Å². The molecule has 4 heteroatoms. The van der Waals surface area contributed by atoms with Gasteiger partial charge in [-0.05, 0) is 87.8 Å². The highest BCUT2D eigenvalue weighted by molar-refractivity contribution is 7.19. The Labute approximate surface area is 217 Å². The molecule has 0 saturated heterocycles. The Bertz CT molecular complexity index is 1540. The van der Waals surface area contributed by atoms with E-state index in [-0.39, 0.29) is 0 Å². The number of methoxy groups -OCH3 is 1. The summed E-state index contributed by atoms with van der Waals surface area (Å²) < 4.78 is 5.28. The summed E-state index contributed by atoms with van der Waals surface area (Å²) >= 11 is 5.44. The Morgan fingerprint density at radius 1 is 0.429 bits per heavy atom. The minimum atomic E-state index is 0.883. The van der Waals surface area contributed by atoms with Gasteiger partial charge in [-0.15, -0.1) is 34.0 Å². The lowest BCUT2D eigenvalue weighted by atomic mass is 10.1. The molecule has 35 heavy (non-hydrogen) atoms. The maximum absolute atomic E-state index is 5.28. The summed E-state index contributed by atoms with van der Waals surface area (Å²) in [5.41, 5.74) is 6.27. The van der Waals surface area contributed by atoms with Gasteiger partial charge in [0.2, 0.25) is 0 Å². The maximum atomic E-state index is 5.28. The molecule has 0 unspecified atom stereocenters. The van der Waals surface area contributed by atoms with E-state index in [1.165, 1.54) is 52.2 Å². The van der Waals surface area contributed by atoms with Gasteiger partial charge in [0.1, 0.15) is 5.75 Å². The van der Waals surface area contributed by atoms with Crippen LogP contribution in [0.2, 0.25) is 0 Å². The zero-order valence-electron chi connectivity index (χ0n) is 19.1. The van der Waals surface area contributed by atoms with Crippen LogP contribution in [0.15, 0.2) is 115 Å². The number of ether oxygens (including phenoxy) is 1. The molecule has 0 atom stereocenters. The van der Waals surface area contributed by atoms with Crippen molar-refractivity contribution in [1.82, 2.24) is 0 Å². The predicted molar refractivity (Wildman–Crippen MR) is 154 cm³/mol. The van der Waals surface area contributed by atoms with Crippen LogP contribution in [0.5, 0.6) is 5.75 Å². The second-order valence-electron chi connectivity index (χ2n) is 8.19.